The Labute approximate surface area is 175 Å². The molecular formula is C20H19BrFN3O4. The number of halogens is 2. The van der Waals surface area contributed by atoms with E-state index in [9.17, 15) is 14.0 Å². The maximum Gasteiger partial charge on any atom is 0.274 e. The summed E-state index contributed by atoms with van der Waals surface area (Å²) >= 11 is 3.39. The number of carbonyl (C=O) groups excluding carboxylic acids is 2. The van der Waals surface area contributed by atoms with Crippen LogP contribution in [-0.4, -0.2) is 55.8 Å². The first-order valence-electron chi connectivity index (χ1n) is 8.90. The first-order chi connectivity index (χ1) is 14.0. The van der Waals surface area contributed by atoms with Gasteiger partial charge in [-0.3, -0.25) is 9.59 Å². The molecule has 1 aliphatic rings. The monoisotopic (exact) mass is 463 g/mol. The van der Waals surface area contributed by atoms with E-state index >= 15 is 0 Å². The lowest BCUT2D eigenvalue weighted by Gasteiger charge is -2.26. The number of nitrogens with one attached hydrogen (secondary N) is 1. The molecule has 0 aliphatic carbocycles. The molecule has 0 aromatic heterocycles. The molecule has 3 rings (SSSR count). The predicted octanol–water partition coefficient (Wildman–Crippen LogP) is 2.59. The van der Waals surface area contributed by atoms with Gasteiger partial charge in [-0.25, -0.2) is 9.82 Å². The second-order valence-corrected chi connectivity index (χ2v) is 7.01. The number of hydrazone groups is 1. The van der Waals surface area contributed by atoms with Crippen molar-refractivity contribution in [2.75, 3.05) is 32.9 Å². The number of amides is 2. The number of ether oxygens (including phenoxy) is 2. The second kappa shape index (κ2) is 10.1. The molecule has 0 radical (unpaired) electrons. The predicted molar refractivity (Wildman–Crippen MR) is 108 cm³/mol. The van der Waals surface area contributed by atoms with Crippen molar-refractivity contribution in [3.8, 4) is 5.75 Å². The summed E-state index contributed by atoms with van der Waals surface area (Å²) in [5, 5.41) is 3.84. The molecule has 9 heteroatoms. The molecule has 7 nitrogen and oxygen atoms in total. The summed E-state index contributed by atoms with van der Waals surface area (Å²) < 4.78 is 25.0. The summed E-state index contributed by atoms with van der Waals surface area (Å²) in [5.74, 6) is -0.836. The summed E-state index contributed by atoms with van der Waals surface area (Å²) in [6, 6.07) is 10.8. The van der Waals surface area contributed by atoms with E-state index in [-0.39, 0.29) is 18.1 Å². The Morgan fingerprint density at radius 3 is 2.72 bits per heavy atom. The van der Waals surface area contributed by atoms with Gasteiger partial charge >= 0.3 is 0 Å². The molecule has 29 heavy (non-hydrogen) atoms. The van der Waals surface area contributed by atoms with E-state index in [1.807, 2.05) is 0 Å². The van der Waals surface area contributed by atoms with Crippen LogP contribution in [0.3, 0.4) is 0 Å². The number of hydrogen-bond acceptors (Lipinski definition) is 5. The van der Waals surface area contributed by atoms with Crippen molar-refractivity contribution in [2.24, 2.45) is 5.10 Å². The van der Waals surface area contributed by atoms with Crippen LogP contribution in [0.1, 0.15) is 15.9 Å². The third kappa shape index (κ3) is 5.85. The molecule has 2 aromatic rings. The third-order valence-corrected chi connectivity index (χ3v) is 4.79. The van der Waals surface area contributed by atoms with E-state index < -0.39 is 11.7 Å². The van der Waals surface area contributed by atoms with Crippen LogP contribution in [-0.2, 0) is 9.53 Å². The lowest BCUT2D eigenvalue weighted by atomic mass is 10.2. The first kappa shape index (κ1) is 20.9. The molecule has 152 valence electrons. The van der Waals surface area contributed by atoms with Gasteiger partial charge in [-0.1, -0.05) is 12.1 Å². The summed E-state index contributed by atoms with van der Waals surface area (Å²) in [7, 11) is 0. The van der Waals surface area contributed by atoms with E-state index in [1.165, 1.54) is 24.4 Å². The zero-order chi connectivity index (χ0) is 20.6. The van der Waals surface area contributed by atoms with Gasteiger partial charge in [0.1, 0.15) is 11.6 Å². The zero-order valence-electron chi connectivity index (χ0n) is 15.4. The molecule has 1 heterocycles. The molecule has 0 unspecified atom stereocenters. The Kier molecular flexibility index (Phi) is 7.31. The Balaban J connectivity index is 1.53. The molecule has 0 bridgehead atoms. The SMILES string of the molecule is O=C(NN=Cc1ccc(OCC(=O)N2CCOCC2)c(Br)c1)c1ccccc1F. The average molecular weight is 464 g/mol. The Morgan fingerprint density at radius 2 is 2.00 bits per heavy atom. The van der Waals surface area contributed by atoms with Crippen LogP contribution in [0.15, 0.2) is 52.0 Å². The van der Waals surface area contributed by atoms with Gasteiger partial charge in [-0.15, -0.1) is 0 Å². The molecular weight excluding hydrogens is 445 g/mol. The van der Waals surface area contributed by atoms with Gasteiger partial charge in [0.15, 0.2) is 6.61 Å². The van der Waals surface area contributed by atoms with Crippen LogP contribution in [0.4, 0.5) is 4.39 Å². The smallest absolute Gasteiger partial charge is 0.274 e. The third-order valence-electron chi connectivity index (χ3n) is 4.17. The van der Waals surface area contributed by atoms with Gasteiger partial charge in [0.25, 0.3) is 11.8 Å². The van der Waals surface area contributed by atoms with E-state index in [2.05, 4.69) is 26.5 Å². The zero-order valence-corrected chi connectivity index (χ0v) is 17.0. The van der Waals surface area contributed by atoms with Crippen LogP contribution in [0.5, 0.6) is 5.75 Å². The lowest BCUT2D eigenvalue weighted by molar-refractivity contribution is -0.137. The minimum Gasteiger partial charge on any atom is -0.483 e. The van der Waals surface area contributed by atoms with Crippen molar-refractivity contribution in [1.29, 1.82) is 0 Å². The summed E-state index contributed by atoms with van der Waals surface area (Å²) in [4.78, 5) is 25.8. The van der Waals surface area contributed by atoms with Gasteiger partial charge in [0.2, 0.25) is 0 Å². The van der Waals surface area contributed by atoms with Crippen molar-refractivity contribution >= 4 is 34.0 Å². The molecule has 1 fully saturated rings. The lowest BCUT2D eigenvalue weighted by Crippen LogP contribution is -2.43. The summed E-state index contributed by atoms with van der Waals surface area (Å²) in [6.07, 6.45) is 1.42. The van der Waals surface area contributed by atoms with Gasteiger partial charge in [-0.05, 0) is 51.8 Å². The maximum absolute atomic E-state index is 13.6. The van der Waals surface area contributed by atoms with Gasteiger partial charge < -0.3 is 14.4 Å². The Morgan fingerprint density at radius 1 is 1.24 bits per heavy atom. The molecule has 2 amide bonds. The van der Waals surface area contributed by atoms with Gasteiger partial charge in [0, 0.05) is 13.1 Å². The Bertz CT molecular complexity index is 916. The molecule has 0 atom stereocenters. The van der Waals surface area contributed by atoms with Crippen molar-refractivity contribution in [3.63, 3.8) is 0 Å². The number of hydrogen-bond donors (Lipinski definition) is 1. The van der Waals surface area contributed by atoms with Crippen LogP contribution < -0.4 is 10.2 Å². The standard InChI is InChI=1S/C20H19BrFN3O4/c21-16-11-14(12-23-24-20(27)15-3-1-2-4-17(15)22)5-6-18(16)29-13-19(26)25-7-9-28-10-8-25/h1-6,11-12H,7-10,13H2,(H,24,27). The largest absolute Gasteiger partial charge is 0.483 e. The summed E-state index contributed by atoms with van der Waals surface area (Å²) in [5.41, 5.74) is 2.88. The number of morpholine rings is 1. The highest BCUT2D eigenvalue weighted by molar-refractivity contribution is 9.10. The number of nitrogens with zero attached hydrogens (tertiary/aromatic N) is 2. The Hall–Kier alpha value is -2.78. The van der Waals surface area contributed by atoms with Crippen LogP contribution in [0, 0.1) is 5.82 Å². The molecule has 0 saturated carbocycles. The highest BCUT2D eigenvalue weighted by Crippen LogP contribution is 2.25. The van der Waals surface area contributed by atoms with Crippen molar-refractivity contribution < 1.29 is 23.5 Å². The van der Waals surface area contributed by atoms with E-state index in [1.54, 1.807) is 29.2 Å². The highest BCUT2D eigenvalue weighted by atomic mass is 79.9. The fourth-order valence-corrected chi connectivity index (χ4v) is 3.14. The fraction of sp³-hybridized carbons (Fsp3) is 0.250. The van der Waals surface area contributed by atoms with Crippen LogP contribution in [0.2, 0.25) is 0 Å². The van der Waals surface area contributed by atoms with E-state index in [4.69, 9.17) is 9.47 Å². The second-order valence-electron chi connectivity index (χ2n) is 6.15. The van der Waals surface area contributed by atoms with Gasteiger partial charge in [-0.2, -0.15) is 5.10 Å². The van der Waals surface area contributed by atoms with Crippen molar-refractivity contribution in [2.45, 2.75) is 0 Å². The van der Waals surface area contributed by atoms with Gasteiger partial charge in [0.05, 0.1) is 29.5 Å². The minimum absolute atomic E-state index is 0.0647. The highest BCUT2D eigenvalue weighted by Gasteiger charge is 2.17. The molecule has 2 aromatic carbocycles. The maximum atomic E-state index is 13.6. The van der Waals surface area contributed by atoms with Crippen molar-refractivity contribution in [1.82, 2.24) is 10.3 Å². The van der Waals surface area contributed by atoms with Crippen molar-refractivity contribution in [3.05, 3.63) is 63.9 Å². The number of benzene rings is 2. The molecule has 0 spiro atoms. The van der Waals surface area contributed by atoms with E-state index in [0.717, 1.165) is 0 Å². The molecule has 1 aliphatic heterocycles. The first-order valence-corrected chi connectivity index (χ1v) is 9.69. The van der Waals surface area contributed by atoms with E-state index in [0.29, 0.717) is 42.1 Å². The number of carbonyl (C=O) groups is 2. The number of rotatable bonds is 6. The normalized spacial score (nSPS) is 14.1. The summed E-state index contributed by atoms with van der Waals surface area (Å²) in [6.45, 7) is 2.15. The van der Waals surface area contributed by atoms with Crippen LogP contribution in [0.25, 0.3) is 0 Å². The van der Waals surface area contributed by atoms with Crippen LogP contribution >= 0.6 is 15.9 Å². The quantitative estimate of drug-likeness (QED) is 0.527. The average Bonchev–Trinajstić information content (AvgIpc) is 2.74. The topological polar surface area (TPSA) is 80.2 Å². The molecule has 1 saturated heterocycles. The minimum atomic E-state index is -0.639. The molecule has 1 N–H and O–H groups in total. The fourth-order valence-electron chi connectivity index (χ4n) is 2.63.